The zero-order valence-electron chi connectivity index (χ0n) is 11.8. The molecule has 2 unspecified atom stereocenters. The van der Waals surface area contributed by atoms with Crippen LogP contribution in [0.25, 0.3) is 0 Å². The molecule has 0 saturated heterocycles. The number of anilines is 1. The average Bonchev–Trinajstić information content (AvgIpc) is 2.68. The number of hydrogen-bond acceptors (Lipinski definition) is 3. The van der Waals surface area contributed by atoms with Gasteiger partial charge in [0.05, 0.1) is 11.0 Å². The molecule has 0 fully saturated rings. The number of benzene rings is 1. The van der Waals surface area contributed by atoms with Crippen molar-refractivity contribution in [3.8, 4) is 6.07 Å². The Morgan fingerprint density at radius 1 is 1.55 bits per heavy atom. The third kappa shape index (κ3) is 2.48. The number of nitriles is 1. The first-order valence-electron chi connectivity index (χ1n) is 6.73. The van der Waals surface area contributed by atoms with Gasteiger partial charge in [-0.1, -0.05) is 47.1 Å². The summed E-state index contributed by atoms with van der Waals surface area (Å²) in [6.45, 7) is 5.11. The predicted octanol–water partition coefficient (Wildman–Crippen LogP) is 3.19. The Kier molecular flexibility index (Phi) is 4.52. The number of aliphatic hydroxyl groups is 1. The monoisotopic (exact) mass is 334 g/mol. The molecule has 3 atom stereocenters. The highest BCUT2D eigenvalue weighted by molar-refractivity contribution is 9.09. The number of hydrogen-bond donors (Lipinski definition) is 1. The van der Waals surface area contributed by atoms with Crippen LogP contribution in [0.1, 0.15) is 19.4 Å². The molecule has 0 saturated carbocycles. The van der Waals surface area contributed by atoms with Crippen LogP contribution in [0, 0.1) is 17.2 Å². The number of fused-ring (bicyclic) bond motifs is 1. The molecule has 0 aliphatic carbocycles. The molecule has 2 rings (SSSR count). The first kappa shape index (κ1) is 15.1. The number of aliphatic hydroxyl groups excluding tert-OH is 1. The summed E-state index contributed by atoms with van der Waals surface area (Å²) < 4.78 is 0. The topological polar surface area (TPSA) is 47.3 Å². The summed E-state index contributed by atoms with van der Waals surface area (Å²) in [6, 6.07) is 10.3. The minimum atomic E-state index is -0.249. The molecule has 0 radical (unpaired) electrons. The molecule has 1 aromatic carbocycles. The van der Waals surface area contributed by atoms with Gasteiger partial charge in [-0.05, 0) is 24.5 Å². The van der Waals surface area contributed by atoms with Crippen molar-refractivity contribution in [1.29, 1.82) is 5.26 Å². The molecule has 1 N–H and O–H groups in total. The summed E-state index contributed by atoms with van der Waals surface area (Å²) in [6.07, 6.45) is 3.50. The summed E-state index contributed by atoms with van der Waals surface area (Å²) in [5.74, 6) is 0.199. The highest BCUT2D eigenvalue weighted by atomic mass is 79.9. The lowest BCUT2D eigenvalue weighted by molar-refractivity contribution is 0.238. The van der Waals surface area contributed by atoms with E-state index in [4.69, 9.17) is 5.26 Å². The number of halogens is 1. The van der Waals surface area contributed by atoms with Gasteiger partial charge in [0.1, 0.15) is 0 Å². The van der Waals surface area contributed by atoms with E-state index in [0.29, 0.717) is 0 Å². The normalized spacial score (nSPS) is 26.6. The lowest BCUT2D eigenvalue weighted by atomic mass is 9.84. The fourth-order valence-corrected chi connectivity index (χ4v) is 3.50. The van der Waals surface area contributed by atoms with Crippen LogP contribution in [0.3, 0.4) is 0 Å². The number of rotatable bonds is 4. The molecule has 0 bridgehead atoms. The summed E-state index contributed by atoms with van der Waals surface area (Å²) in [4.78, 5) is 2.34. The fraction of sp³-hybridized carbons (Fsp3) is 0.438. The Morgan fingerprint density at radius 3 is 2.90 bits per heavy atom. The minimum Gasteiger partial charge on any atom is -0.396 e. The Morgan fingerprint density at radius 2 is 2.25 bits per heavy atom. The molecule has 4 heteroatoms. The van der Waals surface area contributed by atoms with Crippen LogP contribution in [0.2, 0.25) is 0 Å². The second kappa shape index (κ2) is 5.99. The van der Waals surface area contributed by atoms with E-state index in [1.807, 2.05) is 25.1 Å². The molecule has 0 spiro atoms. The fourth-order valence-electron chi connectivity index (χ4n) is 2.72. The lowest BCUT2D eigenvalue weighted by Gasteiger charge is -2.31. The van der Waals surface area contributed by atoms with E-state index in [0.717, 1.165) is 6.54 Å². The number of alkyl halides is 1. The van der Waals surface area contributed by atoms with Gasteiger partial charge in [0, 0.05) is 30.3 Å². The van der Waals surface area contributed by atoms with E-state index in [1.54, 1.807) is 6.08 Å². The van der Waals surface area contributed by atoms with Gasteiger partial charge in [0.2, 0.25) is 0 Å². The molecule has 1 aromatic rings. The quantitative estimate of drug-likeness (QED) is 0.522. The van der Waals surface area contributed by atoms with Crippen LogP contribution in [0.4, 0.5) is 5.69 Å². The van der Waals surface area contributed by atoms with Crippen molar-refractivity contribution in [2.75, 3.05) is 18.1 Å². The van der Waals surface area contributed by atoms with Gasteiger partial charge < -0.3 is 10.0 Å². The predicted molar refractivity (Wildman–Crippen MR) is 84.9 cm³/mol. The molecule has 3 nitrogen and oxygen atoms in total. The van der Waals surface area contributed by atoms with Crippen LogP contribution >= 0.6 is 15.9 Å². The van der Waals surface area contributed by atoms with Gasteiger partial charge >= 0.3 is 0 Å². The van der Waals surface area contributed by atoms with E-state index >= 15 is 0 Å². The van der Waals surface area contributed by atoms with Gasteiger partial charge in [-0.25, -0.2) is 0 Å². The van der Waals surface area contributed by atoms with Crippen molar-refractivity contribution in [3.05, 3.63) is 42.0 Å². The van der Waals surface area contributed by atoms with Crippen molar-refractivity contribution in [2.24, 2.45) is 5.92 Å². The van der Waals surface area contributed by atoms with Crippen LogP contribution in [-0.2, 0) is 5.41 Å². The van der Waals surface area contributed by atoms with Crippen molar-refractivity contribution >= 4 is 21.6 Å². The second-order valence-electron chi connectivity index (χ2n) is 5.54. The van der Waals surface area contributed by atoms with E-state index in [9.17, 15) is 5.11 Å². The van der Waals surface area contributed by atoms with E-state index in [-0.39, 0.29) is 22.9 Å². The SMILES string of the molecule is C[C@H](CO)CN1c2ccccc2C(C)(/C=C/C#N)C1Br. The molecule has 0 aromatic heterocycles. The molecule has 106 valence electrons. The van der Waals surface area contributed by atoms with Gasteiger partial charge in [-0.15, -0.1) is 0 Å². The van der Waals surface area contributed by atoms with Crippen LogP contribution < -0.4 is 4.90 Å². The number of allylic oxidation sites excluding steroid dienone is 1. The number of para-hydroxylation sites is 1. The molecular formula is C16H19BrN2O. The average molecular weight is 335 g/mol. The zero-order chi connectivity index (χ0) is 14.8. The van der Waals surface area contributed by atoms with E-state index in [1.165, 1.54) is 11.3 Å². The standard InChI is InChI=1S/C16H19BrN2O/c1-12(11-20)10-19-14-7-4-3-6-13(14)16(2,15(19)17)8-5-9-18/h3-8,12,15,20H,10-11H2,1-2H3/b8-5+/t12-,15?,16?/m0/s1. The largest absolute Gasteiger partial charge is 0.396 e. The van der Waals surface area contributed by atoms with Gasteiger partial charge in [0.15, 0.2) is 0 Å². The first-order chi connectivity index (χ1) is 9.54. The van der Waals surface area contributed by atoms with Gasteiger partial charge in [-0.3, -0.25) is 0 Å². The van der Waals surface area contributed by atoms with Crippen LogP contribution in [-0.4, -0.2) is 23.2 Å². The Labute approximate surface area is 128 Å². The maximum atomic E-state index is 9.30. The third-order valence-electron chi connectivity index (χ3n) is 3.89. The van der Waals surface area contributed by atoms with Crippen LogP contribution in [0.5, 0.6) is 0 Å². The Hall–Kier alpha value is -1.31. The number of nitrogens with zero attached hydrogens (tertiary/aromatic N) is 2. The van der Waals surface area contributed by atoms with Crippen molar-refractivity contribution in [3.63, 3.8) is 0 Å². The van der Waals surface area contributed by atoms with E-state index < -0.39 is 0 Å². The third-order valence-corrected chi connectivity index (χ3v) is 5.33. The lowest BCUT2D eigenvalue weighted by Crippen LogP contribution is -2.40. The Bertz CT molecular complexity index is 552. The summed E-state index contributed by atoms with van der Waals surface area (Å²) >= 11 is 3.78. The second-order valence-corrected chi connectivity index (χ2v) is 6.41. The van der Waals surface area contributed by atoms with Crippen LogP contribution in [0.15, 0.2) is 36.4 Å². The van der Waals surface area contributed by atoms with Crippen molar-refractivity contribution < 1.29 is 5.11 Å². The summed E-state index contributed by atoms with van der Waals surface area (Å²) in [5, 5.41) is 18.1. The highest BCUT2D eigenvalue weighted by Gasteiger charge is 2.44. The molecule has 1 heterocycles. The molecule has 1 aliphatic rings. The first-order valence-corrected chi connectivity index (χ1v) is 7.64. The molecule has 1 aliphatic heterocycles. The smallest absolute Gasteiger partial charge is 0.0975 e. The van der Waals surface area contributed by atoms with E-state index in [2.05, 4.69) is 46.0 Å². The Balaban J connectivity index is 2.44. The molecular weight excluding hydrogens is 316 g/mol. The van der Waals surface area contributed by atoms with Gasteiger partial charge in [0.25, 0.3) is 0 Å². The summed E-state index contributed by atoms with van der Waals surface area (Å²) in [7, 11) is 0. The van der Waals surface area contributed by atoms with Crippen molar-refractivity contribution in [1.82, 2.24) is 0 Å². The minimum absolute atomic E-state index is 0.0750. The zero-order valence-corrected chi connectivity index (χ0v) is 13.3. The highest BCUT2D eigenvalue weighted by Crippen LogP contribution is 2.48. The maximum absolute atomic E-state index is 9.30. The van der Waals surface area contributed by atoms with Gasteiger partial charge in [-0.2, -0.15) is 5.26 Å². The molecule has 20 heavy (non-hydrogen) atoms. The summed E-state index contributed by atoms with van der Waals surface area (Å²) in [5.41, 5.74) is 2.12. The van der Waals surface area contributed by atoms with Crippen molar-refractivity contribution in [2.45, 2.75) is 24.2 Å². The molecule has 0 amide bonds. The maximum Gasteiger partial charge on any atom is 0.0975 e.